The molecule has 1 aromatic rings. The van der Waals surface area contributed by atoms with E-state index in [0.717, 1.165) is 30.6 Å². The van der Waals surface area contributed by atoms with Crippen molar-refractivity contribution in [1.82, 2.24) is 0 Å². The van der Waals surface area contributed by atoms with Crippen LogP contribution in [0.3, 0.4) is 0 Å². The number of carbonyl (C=O) groups excluding carboxylic acids is 1. The number of methoxy groups -OCH3 is 2. The van der Waals surface area contributed by atoms with Crippen LogP contribution in [-0.4, -0.2) is 44.5 Å². The molecule has 1 aromatic carbocycles. The van der Waals surface area contributed by atoms with E-state index in [9.17, 15) is 4.79 Å². The maximum Gasteiger partial charge on any atom is 0.182 e. The summed E-state index contributed by atoms with van der Waals surface area (Å²) in [7, 11) is 3.34. The van der Waals surface area contributed by atoms with Crippen molar-refractivity contribution < 1.29 is 14.3 Å². The average molecular weight is 337 g/mol. The third-order valence-corrected chi connectivity index (χ3v) is 5.75. The number of fused-ring (bicyclic) bond motifs is 1. The number of hydrogen-bond donors (Lipinski definition) is 1. The lowest BCUT2D eigenvalue weighted by Gasteiger charge is -2.33. The standard InChI is InChI=1S/C18H27NO3S/c1-18(19,15(6-9-21-2)7-10-22-3)17(20)14-4-5-16-13(12-14)8-11-23-16/h4-5,12,15H,6-11,19H2,1-3H3. The molecule has 1 heterocycles. The number of ether oxygens (including phenoxy) is 2. The Morgan fingerprint density at radius 3 is 2.57 bits per heavy atom. The lowest BCUT2D eigenvalue weighted by atomic mass is 9.76. The average Bonchev–Trinajstić information content (AvgIpc) is 3.01. The van der Waals surface area contributed by atoms with Crippen LogP contribution < -0.4 is 5.73 Å². The first-order chi connectivity index (χ1) is 11.0. The fourth-order valence-corrected chi connectivity index (χ4v) is 4.14. The van der Waals surface area contributed by atoms with Gasteiger partial charge in [0.05, 0.1) is 5.54 Å². The largest absolute Gasteiger partial charge is 0.385 e. The molecule has 2 N–H and O–H groups in total. The van der Waals surface area contributed by atoms with Crippen molar-refractivity contribution in [1.29, 1.82) is 0 Å². The third kappa shape index (κ3) is 4.35. The summed E-state index contributed by atoms with van der Waals surface area (Å²) in [5.74, 6) is 1.13. The minimum absolute atomic E-state index is 0.00871. The van der Waals surface area contributed by atoms with Crippen molar-refractivity contribution in [2.75, 3.05) is 33.2 Å². The highest BCUT2D eigenvalue weighted by Gasteiger charge is 2.37. The van der Waals surface area contributed by atoms with Crippen LogP contribution >= 0.6 is 11.8 Å². The molecule has 1 aliphatic rings. The molecule has 5 heteroatoms. The number of thioether (sulfide) groups is 1. The summed E-state index contributed by atoms with van der Waals surface area (Å²) in [5, 5.41) is 0. The second-order valence-corrected chi connectivity index (χ2v) is 7.43. The first kappa shape index (κ1) is 18.5. The number of Topliss-reactive ketones (excluding diaryl/α,β-unsaturated/α-hetero) is 1. The molecule has 1 unspecified atom stereocenters. The lowest BCUT2D eigenvalue weighted by Crippen LogP contribution is -2.52. The molecule has 23 heavy (non-hydrogen) atoms. The van der Waals surface area contributed by atoms with Gasteiger partial charge in [0.1, 0.15) is 0 Å². The van der Waals surface area contributed by atoms with Crippen LogP contribution in [0, 0.1) is 5.92 Å². The molecule has 0 spiro atoms. The molecule has 4 nitrogen and oxygen atoms in total. The predicted octanol–water partition coefficient (Wildman–Crippen LogP) is 2.92. The SMILES string of the molecule is COCCC(CCOC)C(C)(N)C(=O)c1ccc2c(c1)CCS2. The van der Waals surface area contributed by atoms with Gasteiger partial charge in [-0.25, -0.2) is 0 Å². The van der Waals surface area contributed by atoms with Crippen molar-refractivity contribution in [2.45, 2.75) is 36.6 Å². The summed E-state index contributed by atoms with van der Waals surface area (Å²) in [6.07, 6.45) is 2.53. The Hall–Kier alpha value is -0.880. The molecule has 0 aromatic heterocycles. The van der Waals surface area contributed by atoms with Crippen molar-refractivity contribution in [2.24, 2.45) is 11.7 Å². The zero-order valence-electron chi connectivity index (χ0n) is 14.3. The molecule has 0 saturated heterocycles. The van der Waals surface area contributed by atoms with Gasteiger partial charge >= 0.3 is 0 Å². The smallest absolute Gasteiger partial charge is 0.182 e. The second kappa shape index (κ2) is 8.29. The van der Waals surface area contributed by atoms with Crippen LogP contribution in [0.25, 0.3) is 0 Å². The van der Waals surface area contributed by atoms with Crippen molar-refractivity contribution >= 4 is 17.5 Å². The summed E-state index contributed by atoms with van der Waals surface area (Å²) in [4.78, 5) is 14.3. The van der Waals surface area contributed by atoms with Gasteiger partial charge in [0, 0.05) is 43.6 Å². The van der Waals surface area contributed by atoms with E-state index in [-0.39, 0.29) is 11.7 Å². The van der Waals surface area contributed by atoms with E-state index in [4.69, 9.17) is 15.2 Å². The number of aryl methyl sites for hydroxylation is 1. The molecule has 1 atom stereocenters. The van der Waals surface area contributed by atoms with Crippen LogP contribution in [0.15, 0.2) is 23.1 Å². The van der Waals surface area contributed by atoms with Crippen molar-refractivity contribution in [3.8, 4) is 0 Å². The topological polar surface area (TPSA) is 61.6 Å². The van der Waals surface area contributed by atoms with Crippen molar-refractivity contribution in [3.05, 3.63) is 29.3 Å². The fourth-order valence-electron chi connectivity index (χ4n) is 3.09. The molecule has 2 rings (SSSR count). The minimum Gasteiger partial charge on any atom is -0.385 e. The molecule has 0 amide bonds. The molecular formula is C18H27NO3S. The number of carbonyl (C=O) groups is 1. The van der Waals surface area contributed by atoms with Crippen LogP contribution in [0.5, 0.6) is 0 Å². The van der Waals surface area contributed by atoms with Gasteiger partial charge in [-0.05, 0) is 49.8 Å². The summed E-state index contributed by atoms with van der Waals surface area (Å²) in [6, 6.07) is 5.98. The molecular weight excluding hydrogens is 310 g/mol. The zero-order valence-corrected chi connectivity index (χ0v) is 15.1. The zero-order chi connectivity index (χ0) is 16.9. The quantitative estimate of drug-likeness (QED) is 0.702. The molecule has 0 fully saturated rings. The number of nitrogens with two attached hydrogens (primary N) is 1. The molecule has 0 radical (unpaired) electrons. The first-order valence-corrected chi connectivity index (χ1v) is 9.06. The van der Waals surface area contributed by atoms with Gasteiger partial charge in [0.15, 0.2) is 5.78 Å². The van der Waals surface area contributed by atoms with Crippen LogP contribution in [0.1, 0.15) is 35.7 Å². The van der Waals surface area contributed by atoms with Crippen LogP contribution in [0.2, 0.25) is 0 Å². The Balaban J connectivity index is 2.18. The minimum atomic E-state index is -0.920. The van der Waals surface area contributed by atoms with E-state index in [2.05, 4.69) is 6.07 Å². The van der Waals surface area contributed by atoms with E-state index >= 15 is 0 Å². The highest BCUT2D eigenvalue weighted by Crippen LogP contribution is 2.33. The van der Waals surface area contributed by atoms with Gasteiger partial charge in [-0.1, -0.05) is 6.07 Å². The highest BCUT2D eigenvalue weighted by molar-refractivity contribution is 7.99. The van der Waals surface area contributed by atoms with Gasteiger partial charge < -0.3 is 15.2 Å². The lowest BCUT2D eigenvalue weighted by molar-refractivity contribution is 0.0749. The fraction of sp³-hybridized carbons (Fsp3) is 0.611. The first-order valence-electron chi connectivity index (χ1n) is 8.08. The maximum atomic E-state index is 13.0. The molecule has 128 valence electrons. The van der Waals surface area contributed by atoms with E-state index in [1.165, 1.54) is 10.5 Å². The monoisotopic (exact) mass is 337 g/mol. The predicted molar refractivity (Wildman–Crippen MR) is 94.3 cm³/mol. The van der Waals surface area contributed by atoms with Crippen LogP contribution in [-0.2, 0) is 15.9 Å². The van der Waals surface area contributed by atoms with E-state index in [0.29, 0.717) is 13.2 Å². The highest BCUT2D eigenvalue weighted by atomic mass is 32.2. The second-order valence-electron chi connectivity index (χ2n) is 6.29. The van der Waals surface area contributed by atoms with E-state index in [1.807, 2.05) is 30.8 Å². The third-order valence-electron chi connectivity index (χ3n) is 4.63. The van der Waals surface area contributed by atoms with E-state index in [1.54, 1.807) is 14.2 Å². The number of ketones is 1. The van der Waals surface area contributed by atoms with Crippen molar-refractivity contribution in [3.63, 3.8) is 0 Å². The normalized spacial score (nSPS) is 16.4. The number of hydrogen-bond acceptors (Lipinski definition) is 5. The van der Waals surface area contributed by atoms with Gasteiger partial charge in [-0.3, -0.25) is 4.79 Å². The Morgan fingerprint density at radius 2 is 1.96 bits per heavy atom. The molecule has 1 aliphatic heterocycles. The maximum absolute atomic E-state index is 13.0. The van der Waals surface area contributed by atoms with E-state index < -0.39 is 5.54 Å². The summed E-state index contributed by atoms with van der Waals surface area (Å²) in [6.45, 7) is 3.03. The number of rotatable bonds is 9. The Bertz CT molecular complexity index is 537. The Labute approximate surface area is 143 Å². The Morgan fingerprint density at radius 1 is 1.30 bits per heavy atom. The van der Waals surface area contributed by atoms with Gasteiger partial charge in [0.2, 0.25) is 0 Å². The summed E-state index contributed by atoms with van der Waals surface area (Å²) >= 11 is 1.85. The molecule has 0 saturated carbocycles. The molecule has 0 bridgehead atoms. The van der Waals surface area contributed by atoms with Gasteiger partial charge in [-0.2, -0.15) is 0 Å². The molecule has 0 aliphatic carbocycles. The summed E-state index contributed by atoms with van der Waals surface area (Å²) in [5.41, 5.74) is 7.56. The Kier molecular flexibility index (Phi) is 6.65. The van der Waals surface area contributed by atoms with Gasteiger partial charge in [-0.15, -0.1) is 11.8 Å². The summed E-state index contributed by atoms with van der Waals surface area (Å²) < 4.78 is 10.4. The van der Waals surface area contributed by atoms with Crippen LogP contribution in [0.4, 0.5) is 0 Å². The number of benzene rings is 1. The van der Waals surface area contributed by atoms with Gasteiger partial charge in [0.25, 0.3) is 0 Å².